The highest BCUT2D eigenvalue weighted by Crippen LogP contribution is 2.15. The summed E-state index contributed by atoms with van der Waals surface area (Å²) in [5, 5.41) is 4.60. The third-order valence-corrected chi connectivity index (χ3v) is 3.23. The molecule has 0 atom stereocenters. The van der Waals surface area contributed by atoms with Crippen LogP contribution in [0.3, 0.4) is 0 Å². The minimum atomic E-state index is 0.791. The zero-order valence-corrected chi connectivity index (χ0v) is 11.2. The smallest absolute Gasteiger partial charge is 0.115 e. The normalized spacial score (nSPS) is 10.8. The van der Waals surface area contributed by atoms with Crippen LogP contribution in [0.15, 0.2) is 55.2 Å². The van der Waals surface area contributed by atoms with Crippen LogP contribution in [0.2, 0.25) is 0 Å². The molecule has 0 aliphatic heterocycles. The number of aromatic nitrogens is 3. The number of nitrogens with zero attached hydrogens (tertiary/aromatic N) is 3. The van der Waals surface area contributed by atoms with Crippen molar-refractivity contribution < 1.29 is 0 Å². The first-order valence-corrected chi connectivity index (χ1v) is 6.71. The van der Waals surface area contributed by atoms with E-state index in [1.807, 2.05) is 24.7 Å². The molecule has 0 radical (unpaired) electrons. The Morgan fingerprint density at radius 1 is 1.00 bits per heavy atom. The van der Waals surface area contributed by atoms with Crippen molar-refractivity contribution in [3.8, 4) is 0 Å². The highest BCUT2D eigenvalue weighted by molar-refractivity contribution is 5.81. The molecule has 0 amide bonds. The minimum Gasteiger partial charge on any atom is -0.312 e. The van der Waals surface area contributed by atoms with Crippen LogP contribution in [0.5, 0.6) is 0 Å². The standard InChI is InChI=1S/C16H16N4/c1-3-14-5-2-7-20-16(14)15(4-1)6-8-17-9-13-10-18-12-19-11-13/h1-5,7,10-12,17H,6,8-9H2. The van der Waals surface area contributed by atoms with E-state index in [0.29, 0.717) is 0 Å². The molecule has 100 valence electrons. The van der Waals surface area contributed by atoms with Crippen molar-refractivity contribution >= 4 is 10.9 Å². The Labute approximate surface area is 117 Å². The van der Waals surface area contributed by atoms with Gasteiger partial charge >= 0.3 is 0 Å². The highest BCUT2D eigenvalue weighted by Gasteiger charge is 2.01. The van der Waals surface area contributed by atoms with Gasteiger partial charge in [0.05, 0.1) is 5.52 Å². The summed E-state index contributed by atoms with van der Waals surface area (Å²) in [5.41, 5.74) is 3.48. The number of pyridine rings is 1. The average Bonchev–Trinajstić information content (AvgIpc) is 2.53. The largest absolute Gasteiger partial charge is 0.312 e. The molecule has 4 nitrogen and oxygen atoms in total. The van der Waals surface area contributed by atoms with E-state index >= 15 is 0 Å². The first kappa shape index (κ1) is 12.7. The molecule has 3 rings (SSSR count). The topological polar surface area (TPSA) is 50.7 Å². The average molecular weight is 264 g/mol. The van der Waals surface area contributed by atoms with Gasteiger partial charge in [-0.15, -0.1) is 0 Å². The van der Waals surface area contributed by atoms with E-state index in [0.717, 1.165) is 30.6 Å². The van der Waals surface area contributed by atoms with Crippen LogP contribution in [-0.2, 0) is 13.0 Å². The molecule has 0 aliphatic carbocycles. The third-order valence-electron chi connectivity index (χ3n) is 3.23. The van der Waals surface area contributed by atoms with Gasteiger partial charge in [0.1, 0.15) is 6.33 Å². The maximum Gasteiger partial charge on any atom is 0.115 e. The number of hydrogen-bond donors (Lipinski definition) is 1. The molecule has 2 heterocycles. The van der Waals surface area contributed by atoms with E-state index in [2.05, 4.69) is 44.5 Å². The molecule has 0 fully saturated rings. The van der Waals surface area contributed by atoms with Gasteiger partial charge in [0.25, 0.3) is 0 Å². The molecule has 2 aromatic heterocycles. The van der Waals surface area contributed by atoms with E-state index in [-0.39, 0.29) is 0 Å². The van der Waals surface area contributed by atoms with Crippen molar-refractivity contribution in [2.75, 3.05) is 6.54 Å². The fourth-order valence-electron chi connectivity index (χ4n) is 2.25. The fourth-order valence-corrected chi connectivity index (χ4v) is 2.25. The van der Waals surface area contributed by atoms with Gasteiger partial charge in [-0.3, -0.25) is 4.98 Å². The van der Waals surface area contributed by atoms with Crippen LogP contribution >= 0.6 is 0 Å². The Bertz CT molecular complexity index is 677. The zero-order chi connectivity index (χ0) is 13.6. The molecule has 3 aromatic rings. The SMILES string of the molecule is c1cnc2c(CCNCc3cncnc3)cccc2c1. The summed E-state index contributed by atoms with van der Waals surface area (Å²) in [7, 11) is 0. The lowest BCUT2D eigenvalue weighted by molar-refractivity contribution is 0.684. The molecule has 1 N–H and O–H groups in total. The van der Waals surface area contributed by atoms with Gasteiger partial charge in [-0.1, -0.05) is 24.3 Å². The molecule has 20 heavy (non-hydrogen) atoms. The zero-order valence-electron chi connectivity index (χ0n) is 11.2. The lowest BCUT2D eigenvalue weighted by atomic mass is 10.1. The van der Waals surface area contributed by atoms with Crippen molar-refractivity contribution in [1.29, 1.82) is 0 Å². The van der Waals surface area contributed by atoms with Gasteiger partial charge < -0.3 is 5.32 Å². The molecule has 1 aromatic carbocycles. The first-order valence-electron chi connectivity index (χ1n) is 6.71. The van der Waals surface area contributed by atoms with E-state index in [4.69, 9.17) is 0 Å². The van der Waals surface area contributed by atoms with Gasteiger partial charge in [0.15, 0.2) is 0 Å². The van der Waals surface area contributed by atoms with E-state index in [1.165, 1.54) is 10.9 Å². The quantitative estimate of drug-likeness (QED) is 0.719. The van der Waals surface area contributed by atoms with Crippen LogP contribution in [0.25, 0.3) is 10.9 Å². The molecule has 0 saturated carbocycles. The summed E-state index contributed by atoms with van der Waals surface area (Å²) in [6.07, 6.45) is 8.02. The summed E-state index contributed by atoms with van der Waals surface area (Å²) in [4.78, 5) is 12.5. The summed E-state index contributed by atoms with van der Waals surface area (Å²) < 4.78 is 0. The highest BCUT2D eigenvalue weighted by atomic mass is 14.9. The van der Waals surface area contributed by atoms with Crippen LogP contribution in [-0.4, -0.2) is 21.5 Å². The van der Waals surface area contributed by atoms with Crippen molar-refractivity contribution in [2.24, 2.45) is 0 Å². The van der Waals surface area contributed by atoms with Crippen LogP contribution in [0.4, 0.5) is 0 Å². The summed E-state index contributed by atoms with van der Waals surface area (Å²) in [6.45, 7) is 1.70. The Morgan fingerprint density at radius 2 is 1.85 bits per heavy atom. The molecular weight excluding hydrogens is 248 g/mol. The summed E-state index contributed by atoms with van der Waals surface area (Å²) in [6, 6.07) is 10.4. The number of rotatable bonds is 5. The van der Waals surface area contributed by atoms with Gasteiger partial charge in [-0.25, -0.2) is 9.97 Å². The third kappa shape index (κ3) is 2.97. The van der Waals surface area contributed by atoms with Crippen molar-refractivity contribution in [2.45, 2.75) is 13.0 Å². The van der Waals surface area contributed by atoms with Gasteiger partial charge in [0, 0.05) is 36.1 Å². The molecule has 0 saturated heterocycles. The van der Waals surface area contributed by atoms with E-state index in [1.54, 1.807) is 6.33 Å². The van der Waals surface area contributed by atoms with Crippen molar-refractivity contribution in [1.82, 2.24) is 20.3 Å². The number of nitrogens with one attached hydrogen (secondary N) is 1. The summed E-state index contributed by atoms with van der Waals surface area (Å²) in [5.74, 6) is 0. The second kappa shape index (κ2) is 6.21. The van der Waals surface area contributed by atoms with Crippen molar-refractivity contribution in [3.05, 3.63) is 66.4 Å². The number of hydrogen-bond acceptors (Lipinski definition) is 4. The summed E-state index contributed by atoms with van der Waals surface area (Å²) >= 11 is 0. The fraction of sp³-hybridized carbons (Fsp3) is 0.188. The van der Waals surface area contributed by atoms with Gasteiger partial charge in [0.2, 0.25) is 0 Å². The van der Waals surface area contributed by atoms with E-state index in [9.17, 15) is 0 Å². The maximum absolute atomic E-state index is 4.47. The predicted molar refractivity (Wildman–Crippen MR) is 79.2 cm³/mol. The van der Waals surface area contributed by atoms with Crippen LogP contribution in [0.1, 0.15) is 11.1 Å². The van der Waals surface area contributed by atoms with Gasteiger partial charge in [-0.05, 0) is 24.6 Å². The molecular formula is C16H16N4. The Morgan fingerprint density at radius 3 is 2.75 bits per heavy atom. The molecule has 0 unspecified atom stereocenters. The number of fused-ring (bicyclic) bond motifs is 1. The number of benzene rings is 1. The second-order valence-corrected chi connectivity index (χ2v) is 4.67. The lowest BCUT2D eigenvalue weighted by Gasteiger charge is -2.07. The van der Waals surface area contributed by atoms with Gasteiger partial charge in [-0.2, -0.15) is 0 Å². The lowest BCUT2D eigenvalue weighted by Crippen LogP contribution is -2.17. The Hall–Kier alpha value is -2.33. The van der Waals surface area contributed by atoms with Crippen LogP contribution in [0, 0.1) is 0 Å². The second-order valence-electron chi connectivity index (χ2n) is 4.67. The molecule has 0 bridgehead atoms. The molecule has 0 aliphatic rings. The molecule has 4 heteroatoms. The van der Waals surface area contributed by atoms with Crippen molar-refractivity contribution in [3.63, 3.8) is 0 Å². The monoisotopic (exact) mass is 264 g/mol. The predicted octanol–water partition coefficient (Wildman–Crippen LogP) is 2.36. The Balaban J connectivity index is 1.60. The first-order chi connectivity index (χ1) is 9.93. The Kier molecular flexibility index (Phi) is 3.94. The number of para-hydroxylation sites is 1. The van der Waals surface area contributed by atoms with E-state index < -0.39 is 0 Å². The molecule has 0 spiro atoms. The van der Waals surface area contributed by atoms with Crippen LogP contribution < -0.4 is 5.32 Å². The minimum absolute atomic E-state index is 0.791. The maximum atomic E-state index is 4.47.